The van der Waals surface area contributed by atoms with Gasteiger partial charge in [-0.1, -0.05) is 76.1 Å². The molecule has 0 unspecified atom stereocenters. The van der Waals surface area contributed by atoms with E-state index in [4.69, 9.17) is 34.8 Å². The second-order valence-corrected chi connectivity index (χ2v) is 11.7. The molecule has 2 atom stereocenters. The van der Waals surface area contributed by atoms with Gasteiger partial charge in [0, 0.05) is 17.4 Å². The topological polar surface area (TPSA) is 66.5 Å². The van der Waals surface area contributed by atoms with Crippen molar-refractivity contribution in [3.05, 3.63) is 98.5 Å². The smallest absolute Gasteiger partial charge is 0.235 e. The lowest BCUT2D eigenvalue weighted by Gasteiger charge is -2.54. The summed E-state index contributed by atoms with van der Waals surface area (Å²) < 4.78 is 0.781. The molecule has 1 aliphatic heterocycles. The highest BCUT2D eigenvalue weighted by Crippen LogP contribution is 2.69. The number of halogens is 4. The number of nitrogens with zero attached hydrogens (tertiary/aromatic N) is 1. The lowest BCUT2D eigenvalue weighted by molar-refractivity contribution is -0.140. The molecule has 5 nitrogen and oxygen atoms in total. The van der Waals surface area contributed by atoms with Crippen molar-refractivity contribution in [2.75, 3.05) is 11.9 Å². The van der Waals surface area contributed by atoms with Crippen LogP contribution < -0.4 is 5.32 Å². The fraction of sp³-hybridized carbons (Fsp3) is 0.222. The number of benzene rings is 3. The van der Waals surface area contributed by atoms with Crippen LogP contribution in [0.4, 0.5) is 5.69 Å². The molecule has 1 heterocycles. The van der Waals surface area contributed by atoms with E-state index in [1.165, 1.54) is 0 Å². The van der Waals surface area contributed by atoms with Gasteiger partial charge in [-0.2, -0.15) is 0 Å². The first kappa shape index (κ1) is 24.0. The quantitative estimate of drug-likeness (QED) is 0.293. The minimum absolute atomic E-state index is 0.0860. The molecule has 0 saturated carbocycles. The maximum Gasteiger partial charge on any atom is 0.235 e. The maximum atomic E-state index is 13.8. The summed E-state index contributed by atoms with van der Waals surface area (Å²) >= 11 is 24.3. The van der Waals surface area contributed by atoms with E-state index < -0.39 is 33.4 Å². The predicted molar refractivity (Wildman–Crippen MR) is 142 cm³/mol. The molecule has 1 saturated heterocycles. The molecule has 4 aliphatic rings. The lowest BCUT2D eigenvalue weighted by Crippen LogP contribution is -2.57. The van der Waals surface area contributed by atoms with Crippen LogP contribution in [0.25, 0.3) is 0 Å². The molecule has 182 valence electrons. The van der Waals surface area contributed by atoms with Crippen LogP contribution in [0.1, 0.15) is 28.7 Å². The Morgan fingerprint density at radius 1 is 0.861 bits per heavy atom. The highest BCUT2D eigenvalue weighted by molar-refractivity contribution is 9.10. The van der Waals surface area contributed by atoms with Crippen molar-refractivity contribution in [3.63, 3.8) is 0 Å². The fourth-order valence-corrected chi connectivity index (χ4v) is 7.78. The number of carbonyl (C=O) groups is 3. The van der Waals surface area contributed by atoms with Crippen molar-refractivity contribution in [1.82, 2.24) is 4.90 Å². The molecule has 0 radical (unpaired) electrons. The average Bonchev–Trinajstić information content (AvgIpc) is 3.13. The molecule has 3 amide bonds. The van der Waals surface area contributed by atoms with E-state index >= 15 is 0 Å². The van der Waals surface area contributed by atoms with Gasteiger partial charge in [-0.3, -0.25) is 19.3 Å². The van der Waals surface area contributed by atoms with Crippen molar-refractivity contribution in [2.24, 2.45) is 11.8 Å². The maximum absolute atomic E-state index is 13.8. The molecule has 3 aliphatic carbocycles. The van der Waals surface area contributed by atoms with Crippen molar-refractivity contribution in [1.29, 1.82) is 0 Å². The van der Waals surface area contributed by atoms with Crippen LogP contribution in [0, 0.1) is 11.8 Å². The van der Waals surface area contributed by atoms with Gasteiger partial charge in [-0.15, -0.1) is 23.2 Å². The molecule has 3 aromatic rings. The monoisotopic (exact) mass is 602 g/mol. The molecule has 9 heteroatoms. The third kappa shape index (κ3) is 3.11. The van der Waals surface area contributed by atoms with Crippen LogP contribution in [0.5, 0.6) is 0 Å². The summed E-state index contributed by atoms with van der Waals surface area (Å²) in [4.78, 5) is 38.9. The number of amides is 3. The predicted octanol–water partition coefficient (Wildman–Crippen LogP) is 6.02. The van der Waals surface area contributed by atoms with Gasteiger partial charge in [0.1, 0.15) is 9.75 Å². The van der Waals surface area contributed by atoms with Gasteiger partial charge >= 0.3 is 0 Å². The average molecular weight is 605 g/mol. The summed E-state index contributed by atoms with van der Waals surface area (Å²) in [5.41, 5.74) is 3.42. The Morgan fingerprint density at radius 2 is 1.33 bits per heavy atom. The Morgan fingerprint density at radius 3 is 1.78 bits per heavy atom. The second-order valence-electron chi connectivity index (χ2n) is 9.22. The molecule has 1 N–H and O–H groups in total. The molecule has 0 spiro atoms. The summed E-state index contributed by atoms with van der Waals surface area (Å²) in [6, 6.07) is 20.0. The van der Waals surface area contributed by atoms with Crippen molar-refractivity contribution in [3.8, 4) is 0 Å². The third-order valence-electron chi connectivity index (χ3n) is 7.44. The van der Waals surface area contributed by atoms with E-state index in [9.17, 15) is 14.4 Å². The molecule has 3 aromatic carbocycles. The number of anilines is 1. The Balaban J connectivity index is 1.33. The highest BCUT2D eigenvalue weighted by atomic mass is 79.9. The fourth-order valence-electron chi connectivity index (χ4n) is 5.96. The molecule has 1 fully saturated rings. The summed E-state index contributed by atoms with van der Waals surface area (Å²) in [5, 5.41) is 3.11. The highest BCUT2D eigenvalue weighted by Gasteiger charge is 2.72. The van der Waals surface area contributed by atoms with Gasteiger partial charge in [0.15, 0.2) is 0 Å². The molecule has 7 rings (SSSR count). The minimum atomic E-state index is -1.23. The number of imide groups is 1. The Hall–Kier alpha value is -2.38. The van der Waals surface area contributed by atoms with Crippen LogP contribution in [-0.2, 0) is 24.1 Å². The normalized spacial score (nSPS) is 27.5. The standard InChI is InChI=1S/C27H18BrCl3N2O3/c28-14-9-10-20(19(29)13-14)32-21(34)11-12-33-24(35)22-23(25(33)36)27(31)16-6-2-1-5-15(16)26(22,30)17-7-3-4-8-18(17)27/h1-10,13,22-23H,11-12H2,(H,32,34)/t22-,23-,26?,27?/m1/s1. The molecule has 36 heavy (non-hydrogen) atoms. The number of alkyl halides is 2. The van der Waals surface area contributed by atoms with E-state index in [1.54, 1.807) is 18.2 Å². The minimum Gasteiger partial charge on any atom is -0.325 e. The van der Waals surface area contributed by atoms with E-state index in [2.05, 4.69) is 21.2 Å². The molecule has 2 bridgehead atoms. The van der Waals surface area contributed by atoms with Crippen molar-refractivity contribution >= 4 is 74.1 Å². The van der Waals surface area contributed by atoms with Gasteiger partial charge in [0.05, 0.1) is 22.5 Å². The first-order valence-electron chi connectivity index (χ1n) is 11.4. The SMILES string of the molecule is O=C(CCN1C(=O)[C@H]2[C@H](C1=O)C1(Cl)c3ccccc3C2(Cl)c2ccccc21)Nc1ccc(Br)cc1Cl. The first-order valence-corrected chi connectivity index (χ1v) is 13.3. The van der Waals surface area contributed by atoms with Crippen LogP contribution in [0.3, 0.4) is 0 Å². The van der Waals surface area contributed by atoms with Crippen LogP contribution >= 0.6 is 50.7 Å². The van der Waals surface area contributed by atoms with E-state index in [0.717, 1.165) is 31.6 Å². The van der Waals surface area contributed by atoms with Crippen molar-refractivity contribution < 1.29 is 14.4 Å². The number of rotatable bonds is 4. The van der Waals surface area contributed by atoms with Gasteiger partial charge in [-0.25, -0.2) is 0 Å². The molecular formula is C27H18BrCl3N2O3. The van der Waals surface area contributed by atoms with E-state index in [-0.39, 0.29) is 18.9 Å². The van der Waals surface area contributed by atoms with Gasteiger partial charge in [0.2, 0.25) is 17.7 Å². The number of hydrogen-bond donors (Lipinski definition) is 1. The zero-order valence-electron chi connectivity index (χ0n) is 18.6. The molecule has 0 aromatic heterocycles. The second kappa shape index (κ2) is 8.32. The van der Waals surface area contributed by atoms with Crippen LogP contribution in [0.2, 0.25) is 5.02 Å². The van der Waals surface area contributed by atoms with Crippen LogP contribution in [0.15, 0.2) is 71.2 Å². The summed E-state index contributed by atoms with van der Waals surface area (Å²) in [6.07, 6.45) is -0.0895. The summed E-state index contributed by atoms with van der Waals surface area (Å²) in [6.45, 7) is -0.0860. The number of likely N-dealkylation sites (tertiary alicyclic amines) is 1. The number of carbonyl (C=O) groups excluding carboxylic acids is 3. The van der Waals surface area contributed by atoms with E-state index in [0.29, 0.717) is 10.7 Å². The number of hydrogen-bond acceptors (Lipinski definition) is 3. The Kier molecular flexibility index (Phi) is 5.54. The van der Waals surface area contributed by atoms with E-state index in [1.807, 2.05) is 48.5 Å². The molecular weight excluding hydrogens is 587 g/mol. The summed E-state index contributed by atoms with van der Waals surface area (Å²) in [7, 11) is 0. The Bertz CT molecular complexity index is 1350. The summed E-state index contributed by atoms with van der Waals surface area (Å²) in [5.74, 6) is -2.95. The lowest BCUT2D eigenvalue weighted by atomic mass is 9.54. The zero-order chi connectivity index (χ0) is 25.4. The largest absolute Gasteiger partial charge is 0.325 e. The van der Waals surface area contributed by atoms with Gasteiger partial charge in [-0.05, 0) is 40.5 Å². The van der Waals surface area contributed by atoms with Crippen LogP contribution in [-0.4, -0.2) is 29.2 Å². The Labute approximate surface area is 230 Å². The first-order chi connectivity index (χ1) is 17.2. The van der Waals surface area contributed by atoms with Crippen molar-refractivity contribution in [2.45, 2.75) is 16.2 Å². The zero-order valence-corrected chi connectivity index (χ0v) is 22.5. The van der Waals surface area contributed by atoms with Gasteiger partial charge < -0.3 is 5.32 Å². The van der Waals surface area contributed by atoms with Gasteiger partial charge in [0.25, 0.3) is 0 Å². The number of nitrogens with one attached hydrogen (secondary N) is 1. The third-order valence-corrected chi connectivity index (χ3v) is 9.53.